The molecule has 0 aromatic heterocycles. The van der Waals surface area contributed by atoms with Crippen molar-refractivity contribution in [1.29, 1.82) is 0 Å². The van der Waals surface area contributed by atoms with Gasteiger partial charge in [0.25, 0.3) is 0 Å². The molecule has 1 atom stereocenters. The predicted molar refractivity (Wildman–Crippen MR) is 90.9 cm³/mol. The zero-order valence-electron chi connectivity index (χ0n) is 12.9. The fourth-order valence-corrected chi connectivity index (χ4v) is 2.55. The van der Waals surface area contributed by atoms with Gasteiger partial charge < -0.3 is 10.8 Å². The lowest BCUT2D eigenvalue weighted by molar-refractivity contribution is -0.147. The molecule has 0 saturated heterocycles. The van der Waals surface area contributed by atoms with Gasteiger partial charge in [-0.15, -0.1) is 0 Å². The van der Waals surface area contributed by atoms with E-state index in [1.165, 1.54) is 6.08 Å². The highest BCUT2D eigenvalue weighted by molar-refractivity contribution is 6.15. The van der Waals surface area contributed by atoms with Crippen LogP contribution in [-0.4, -0.2) is 16.9 Å². The van der Waals surface area contributed by atoms with E-state index in [4.69, 9.17) is 5.73 Å². The van der Waals surface area contributed by atoms with Gasteiger partial charge >= 0.3 is 5.97 Å². The maximum Gasteiger partial charge on any atom is 0.322 e. The Labute approximate surface area is 135 Å². The van der Waals surface area contributed by atoms with Crippen LogP contribution in [0.4, 0.5) is 5.69 Å². The number of carboxylic acid groups (broad SMARTS) is 1. The molecule has 1 unspecified atom stereocenters. The van der Waals surface area contributed by atoms with Crippen molar-refractivity contribution in [2.75, 3.05) is 5.73 Å². The summed E-state index contributed by atoms with van der Waals surface area (Å²) in [7, 11) is 0. The Kier molecular flexibility index (Phi) is 4.96. The van der Waals surface area contributed by atoms with Crippen LogP contribution in [-0.2, 0) is 15.0 Å². The molecule has 118 valence electrons. The second-order valence-electron chi connectivity index (χ2n) is 5.29. The average Bonchev–Trinajstić information content (AvgIpc) is 2.56. The highest BCUT2D eigenvalue weighted by atomic mass is 16.4. The minimum atomic E-state index is -1.60. The van der Waals surface area contributed by atoms with Crippen LogP contribution in [0.2, 0.25) is 0 Å². The molecule has 0 amide bonds. The number of hydrogen-bond donors (Lipinski definition) is 2. The van der Waals surface area contributed by atoms with Gasteiger partial charge in [0.2, 0.25) is 0 Å². The third-order valence-electron chi connectivity index (χ3n) is 3.95. The zero-order chi connectivity index (χ0) is 16.9. The number of nitrogens with two attached hydrogens (primary N) is 1. The predicted octanol–water partition coefficient (Wildman–Crippen LogP) is 3.28. The largest absolute Gasteiger partial charge is 0.480 e. The number of carbonyl (C=O) groups excluding carboxylic acids is 1. The number of aliphatic carboxylic acids is 1. The molecular weight excluding hydrogens is 290 g/mol. The quantitative estimate of drug-likeness (QED) is 0.487. The third-order valence-corrected chi connectivity index (χ3v) is 3.95. The first-order valence-electron chi connectivity index (χ1n) is 7.37. The summed E-state index contributed by atoms with van der Waals surface area (Å²) in [6.45, 7) is 1.69. The number of ketones is 1. The van der Waals surface area contributed by atoms with Crippen molar-refractivity contribution in [2.24, 2.45) is 0 Å². The summed E-state index contributed by atoms with van der Waals surface area (Å²) >= 11 is 0. The summed E-state index contributed by atoms with van der Waals surface area (Å²) < 4.78 is 0. The van der Waals surface area contributed by atoms with E-state index in [9.17, 15) is 14.7 Å². The first kappa shape index (κ1) is 16.5. The molecule has 0 radical (unpaired) electrons. The topological polar surface area (TPSA) is 80.4 Å². The normalized spacial score (nSPS) is 13.6. The van der Waals surface area contributed by atoms with Crippen LogP contribution in [0.5, 0.6) is 0 Å². The van der Waals surface area contributed by atoms with Crippen LogP contribution < -0.4 is 5.73 Å². The van der Waals surface area contributed by atoms with Crippen molar-refractivity contribution >= 4 is 23.5 Å². The lowest BCUT2D eigenvalue weighted by atomic mass is 9.74. The Morgan fingerprint density at radius 2 is 1.70 bits per heavy atom. The van der Waals surface area contributed by atoms with Gasteiger partial charge in [-0.3, -0.25) is 9.59 Å². The minimum absolute atomic E-state index is 0.157. The van der Waals surface area contributed by atoms with E-state index in [1.807, 2.05) is 30.3 Å². The minimum Gasteiger partial charge on any atom is -0.480 e. The van der Waals surface area contributed by atoms with Crippen molar-refractivity contribution in [1.82, 2.24) is 0 Å². The van der Waals surface area contributed by atoms with Crippen LogP contribution in [0.25, 0.3) is 6.08 Å². The molecule has 2 aromatic rings. The van der Waals surface area contributed by atoms with E-state index in [0.29, 0.717) is 11.3 Å². The maximum atomic E-state index is 12.7. The van der Waals surface area contributed by atoms with Gasteiger partial charge in [0, 0.05) is 5.69 Å². The van der Waals surface area contributed by atoms with Gasteiger partial charge in [-0.1, -0.05) is 55.5 Å². The molecule has 3 N–H and O–H groups in total. The van der Waals surface area contributed by atoms with Gasteiger partial charge in [-0.25, -0.2) is 0 Å². The summed E-state index contributed by atoms with van der Waals surface area (Å²) in [5.41, 5.74) is 5.85. The highest BCUT2D eigenvalue weighted by Crippen LogP contribution is 2.31. The number of benzene rings is 2. The van der Waals surface area contributed by atoms with E-state index < -0.39 is 17.2 Å². The molecule has 0 spiro atoms. The standard InChI is InChI=1S/C19H19NO3/c1-2-19(18(22)23,15-9-11-16(20)12-10-15)17(21)13-8-14-6-4-3-5-7-14/h3-13H,2,20H2,1H3,(H,22,23). The van der Waals surface area contributed by atoms with Crippen LogP contribution in [0.1, 0.15) is 24.5 Å². The summed E-state index contributed by atoms with van der Waals surface area (Å²) in [4.78, 5) is 24.6. The van der Waals surface area contributed by atoms with Crippen molar-refractivity contribution in [3.63, 3.8) is 0 Å². The van der Waals surface area contributed by atoms with Gasteiger partial charge in [0.05, 0.1) is 0 Å². The monoisotopic (exact) mass is 309 g/mol. The van der Waals surface area contributed by atoms with Crippen molar-refractivity contribution in [3.05, 3.63) is 71.8 Å². The number of anilines is 1. The maximum absolute atomic E-state index is 12.7. The second-order valence-corrected chi connectivity index (χ2v) is 5.29. The molecule has 0 aliphatic carbocycles. The van der Waals surface area contributed by atoms with E-state index in [-0.39, 0.29) is 6.42 Å². The Hall–Kier alpha value is -2.88. The van der Waals surface area contributed by atoms with Crippen LogP contribution in [0.3, 0.4) is 0 Å². The molecule has 2 rings (SSSR count). The molecule has 0 saturated carbocycles. The van der Waals surface area contributed by atoms with Gasteiger partial charge in [0.15, 0.2) is 11.2 Å². The Morgan fingerprint density at radius 1 is 1.09 bits per heavy atom. The van der Waals surface area contributed by atoms with Crippen molar-refractivity contribution in [2.45, 2.75) is 18.8 Å². The summed E-state index contributed by atoms with van der Waals surface area (Å²) in [6, 6.07) is 15.7. The van der Waals surface area contributed by atoms with Crippen molar-refractivity contribution in [3.8, 4) is 0 Å². The van der Waals surface area contributed by atoms with Crippen LogP contribution in [0.15, 0.2) is 60.7 Å². The fourth-order valence-electron chi connectivity index (χ4n) is 2.55. The van der Waals surface area contributed by atoms with Crippen LogP contribution in [0, 0.1) is 0 Å². The SMILES string of the molecule is CCC(C(=O)O)(C(=O)C=Cc1ccccc1)c1ccc(N)cc1. The van der Waals surface area contributed by atoms with Gasteiger partial charge in [-0.2, -0.15) is 0 Å². The fraction of sp³-hybridized carbons (Fsp3) is 0.158. The van der Waals surface area contributed by atoms with Crippen molar-refractivity contribution < 1.29 is 14.7 Å². The first-order chi connectivity index (χ1) is 11.0. The number of allylic oxidation sites excluding steroid dienone is 1. The van der Waals surface area contributed by atoms with Gasteiger partial charge in [0.1, 0.15) is 0 Å². The smallest absolute Gasteiger partial charge is 0.322 e. The van der Waals surface area contributed by atoms with E-state index >= 15 is 0 Å². The third kappa shape index (κ3) is 3.31. The van der Waals surface area contributed by atoms with E-state index in [1.54, 1.807) is 37.3 Å². The summed E-state index contributed by atoms with van der Waals surface area (Å²) in [6.07, 6.45) is 3.13. The number of carbonyl (C=O) groups is 2. The van der Waals surface area contributed by atoms with Crippen LogP contribution >= 0.6 is 0 Å². The molecule has 4 nitrogen and oxygen atoms in total. The Balaban J connectivity index is 2.42. The Bertz CT molecular complexity index is 720. The first-order valence-corrected chi connectivity index (χ1v) is 7.37. The molecular formula is C19H19NO3. The van der Waals surface area contributed by atoms with E-state index in [2.05, 4.69) is 0 Å². The van der Waals surface area contributed by atoms with Gasteiger partial charge in [-0.05, 0) is 35.8 Å². The molecule has 2 aromatic carbocycles. The molecule has 0 fully saturated rings. The zero-order valence-corrected chi connectivity index (χ0v) is 12.9. The molecule has 0 heterocycles. The lowest BCUT2D eigenvalue weighted by Gasteiger charge is -2.26. The summed E-state index contributed by atoms with van der Waals surface area (Å²) in [5, 5.41) is 9.73. The number of nitrogen functional groups attached to an aromatic ring is 1. The highest BCUT2D eigenvalue weighted by Gasteiger charge is 2.44. The second kappa shape index (κ2) is 6.92. The average molecular weight is 309 g/mol. The number of carboxylic acids is 1. The summed E-state index contributed by atoms with van der Waals surface area (Å²) in [5.74, 6) is -1.62. The molecule has 0 aliphatic heterocycles. The molecule has 23 heavy (non-hydrogen) atoms. The Morgan fingerprint density at radius 3 is 2.22 bits per heavy atom. The number of rotatable bonds is 6. The lowest BCUT2D eigenvalue weighted by Crippen LogP contribution is -2.42. The molecule has 4 heteroatoms. The molecule has 0 bridgehead atoms. The molecule has 0 aliphatic rings. The van der Waals surface area contributed by atoms with E-state index in [0.717, 1.165) is 5.56 Å². The number of hydrogen-bond acceptors (Lipinski definition) is 3.